The molecule has 1 aliphatic heterocycles. The van der Waals surface area contributed by atoms with Crippen molar-refractivity contribution in [1.29, 1.82) is 0 Å². The molecule has 0 aliphatic carbocycles. The van der Waals surface area contributed by atoms with Gasteiger partial charge in [-0.25, -0.2) is 0 Å². The van der Waals surface area contributed by atoms with E-state index in [1.54, 1.807) is 0 Å². The van der Waals surface area contributed by atoms with Gasteiger partial charge in [0.15, 0.2) is 0 Å². The van der Waals surface area contributed by atoms with Crippen molar-refractivity contribution in [3.8, 4) is 0 Å². The van der Waals surface area contributed by atoms with Gasteiger partial charge in [0.2, 0.25) is 0 Å². The second-order valence-corrected chi connectivity index (χ2v) is 3.93. The molecule has 1 aromatic carbocycles. The molecule has 0 aromatic heterocycles. The Morgan fingerprint density at radius 1 is 1.21 bits per heavy atom. The first-order chi connectivity index (χ1) is 6.79. The maximum absolute atomic E-state index is 3.34. The van der Waals surface area contributed by atoms with Crippen molar-refractivity contribution < 1.29 is 0 Å². The average molecular weight is 187 g/mol. The summed E-state index contributed by atoms with van der Waals surface area (Å²) >= 11 is 0. The van der Waals surface area contributed by atoms with Crippen LogP contribution in [0.1, 0.15) is 23.1 Å². The Hall–Kier alpha value is -1.08. The van der Waals surface area contributed by atoms with E-state index in [-0.39, 0.29) is 0 Å². The van der Waals surface area contributed by atoms with E-state index in [1.165, 1.54) is 22.3 Å². The van der Waals surface area contributed by atoms with E-state index in [1.807, 2.05) is 0 Å². The molecule has 0 saturated heterocycles. The van der Waals surface area contributed by atoms with Crippen molar-refractivity contribution in [2.45, 2.75) is 20.3 Å². The predicted molar refractivity (Wildman–Crippen MR) is 61.4 cm³/mol. The number of nitrogens with one attached hydrogen (secondary N) is 1. The highest BCUT2D eigenvalue weighted by molar-refractivity contribution is 5.69. The van der Waals surface area contributed by atoms with Crippen molar-refractivity contribution in [2.75, 3.05) is 13.1 Å². The first-order valence-corrected chi connectivity index (χ1v) is 5.25. The van der Waals surface area contributed by atoms with E-state index in [4.69, 9.17) is 0 Å². The monoisotopic (exact) mass is 187 g/mol. The molecule has 1 aliphatic rings. The maximum Gasteiger partial charge on any atom is 0.0140 e. The Bertz CT molecular complexity index is 363. The summed E-state index contributed by atoms with van der Waals surface area (Å²) in [5.41, 5.74) is 5.76. The van der Waals surface area contributed by atoms with Crippen LogP contribution in [0.4, 0.5) is 0 Å². The van der Waals surface area contributed by atoms with E-state index in [0.717, 1.165) is 19.5 Å². The zero-order valence-electron chi connectivity index (χ0n) is 8.93. The van der Waals surface area contributed by atoms with Crippen molar-refractivity contribution in [1.82, 2.24) is 5.32 Å². The molecule has 1 N–H and O–H groups in total. The normalized spacial score (nSPS) is 16.6. The van der Waals surface area contributed by atoms with E-state index in [9.17, 15) is 0 Å². The van der Waals surface area contributed by atoms with Crippen molar-refractivity contribution in [2.24, 2.45) is 0 Å². The molecule has 1 heteroatoms. The van der Waals surface area contributed by atoms with Crippen LogP contribution in [-0.4, -0.2) is 13.1 Å². The van der Waals surface area contributed by atoms with Crippen LogP contribution in [0.15, 0.2) is 24.3 Å². The Labute approximate surface area is 85.8 Å². The van der Waals surface area contributed by atoms with Crippen LogP contribution in [0.3, 0.4) is 0 Å². The first kappa shape index (κ1) is 9.47. The molecule has 14 heavy (non-hydrogen) atoms. The number of rotatable bonds is 1. The lowest BCUT2D eigenvalue weighted by atomic mass is 9.94. The fourth-order valence-corrected chi connectivity index (χ4v) is 1.97. The molecule has 1 aromatic rings. The lowest BCUT2D eigenvalue weighted by Crippen LogP contribution is -2.20. The van der Waals surface area contributed by atoms with Crippen molar-refractivity contribution in [3.63, 3.8) is 0 Å². The third-order valence-electron chi connectivity index (χ3n) is 3.01. The number of hydrogen-bond donors (Lipinski definition) is 1. The van der Waals surface area contributed by atoms with Gasteiger partial charge in [0, 0.05) is 6.54 Å². The molecule has 0 spiro atoms. The van der Waals surface area contributed by atoms with Crippen LogP contribution in [-0.2, 0) is 0 Å². The minimum atomic E-state index is 1.02. The summed E-state index contributed by atoms with van der Waals surface area (Å²) in [6, 6.07) is 6.57. The van der Waals surface area contributed by atoms with Crippen LogP contribution in [0.2, 0.25) is 0 Å². The van der Waals surface area contributed by atoms with E-state index >= 15 is 0 Å². The minimum Gasteiger partial charge on any atom is -0.313 e. The quantitative estimate of drug-likeness (QED) is 0.712. The molecule has 0 bridgehead atoms. The standard InChI is InChI=1S/C13H17N/c1-10-4-3-5-13(11(10)2)12-6-8-14-9-7-12/h3-6,14H,7-9H2,1-2H3. The summed E-state index contributed by atoms with van der Waals surface area (Å²) in [5.74, 6) is 0. The van der Waals surface area contributed by atoms with Crippen LogP contribution in [0.5, 0.6) is 0 Å². The fourth-order valence-electron chi connectivity index (χ4n) is 1.97. The third-order valence-corrected chi connectivity index (χ3v) is 3.01. The maximum atomic E-state index is 3.34. The fraction of sp³-hybridized carbons (Fsp3) is 0.385. The Morgan fingerprint density at radius 3 is 2.79 bits per heavy atom. The third kappa shape index (κ3) is 1.73. The molecule has 0 fully saturated rings. The summed E-state index contributed by atoms with van der Waals surface area (Å²) in [6.07, 6.45) is 3.47. The minimum absolute atomic E-state index is 1.02. The topological polar surface area (TPSA) is 12.0 Å². The van der Waals surface area contributed by atoms with Crippen LogP contribution in [0.25, 0.3) is 5.57 Å². The van der Waals surface area contributed by atoms with Gasteiger partial charge < -0.3 is 5.32 Å². The molecule has 0 amide bonds. The van der Waals surface area contributed by atoms with Gasteiger partial charge in [-0.2, -0.15) is 0 Å². The van der Waals surface area contributed by atoms with E-state index < -0.39 is 0 Å². The van der Waals surface area contributed by atoms with Gasteiger partial charge in [-0.3, -0.25) is 0 Å². The van der Waals surface area contributed by atoms with Gasteiger partial charge in [0.1, 0.15) is 0 Å². The smallest absolute Gasteiger partial charge is 0.0140 e. The first-order valence-electron chi connectivity index (χ1n) is 5.25. The zero-order chi connectivity index (χ0) is 9.97. The largest absolute Gasteiger partial charge is 0.313 e. The second kappa shape index (κ2) is 3.97. The summed E-state index contributed by atoms with van der Waals surface area (Å²) < 4.78 is 0. The van der Waals surface area contributed by atoms with Gasteiger partial charge in [0.05, 0.1) is 0 Å². The summed E-state index contributed by atoms with van der Waals surface area (Å²) in [6.45, 7) is 6.52. The van der Waals surface area contributed by atoms with Gasteiger partial charge in [-0.05, 0) is 49.1 Å². The molecular weight excluding hydrogens is 170 g/mol. The summed E-state index contributed by atoms with van der Waals surface area (Å²) in [7, 11) is 0. The van der Waals surface area contributed by atoms with Crippen LogP contribution >= 0.6 is 0 Å². The molecular formula is C13H17N. The van der Waals surface area contributed by atoms with Gasteiger partial charge in [-0.15, -0.1) is 0 Å². The zero-order valence-corrected chi connectivity index (χ0v) is 8.93. The Morgan fingerprint density at radius 2 is 2.07 bits per heavy atom. The molecule has 2 rings (SSSR count). The van der Waals surface area contributed by atoms with E-state index in [2.05, 4.69) is 43.4 Å². The molecule has 74 valence electrons. The molecule has 1 heterocycles. The highest BCUT2D eigenvalue weighted by atomic mass is 14.8. The Balaban J connectivity index is 2.40. The van der Waals surface area contributed by atoms with Gasteiger partial charge in [-0.1, -0.05) is 24.3 Å². The van der Waals surface area contributed by atoms with Crippen LogP contribution in [0, 0.1) is 13.8 Å². The lowest BCUT2D eigenvalue weighted by molar-refractivity contribution is 0.738. The van der Waals surface area contributed by atoms with Crippen molar-refractivity contribution >= 4 is 5.57 Å². The second-order valence-electron chi connectivity index (χ2n) is 3.93. The van der Waals surface area contributed by atoms with Crippen LogP contribution < -0.4 is 5.32 Å². The lowest BCUT2D eigenvalue weighted by Gasteiger charge is -2.17. The van der Waals surface area contributed by atoms with E-state index in [0.29, 0.717) is 0 Å². The molecule has 0 atom stereocenters. The number of aryl methyl sites for hydroxylation is 1. The molecule has 1 nitrogen and oxygen atoms in total. The summed E-state index contributed by atoms with van der Waals surface area (Å²) in [5, 5.41) is 3.34. The molecule has 0 radical (unpaired) electrons. The van der Waals surface area contributed by atoms with Crippen molar-refractivity contribution in [3.05, 3.63) is 41.0 Å². The highest BCUT2D eigenvalue weighted by Gasteiger charge is 2.08. The number of benzene rings is 1. The van der Waals surface area contributed by atoms with Gasteiger partial charge >= 0.3 is 0 Å². The average Bonchev–Trinajstić information content (AvgIpc) is 2.23. The molecule has 0 unspecified atom stereocenters. The highest BCUT2D eigenvalue weighted by Crippen LogP contribution is 2.24. The Kier molecular flexibility index (Phi) is 2.69. The number of hydrogen-bond acceptors (Lipinski definition) is 1. The predicted octanol–water partition coefficient (Wildman–Crippen LogP) is 2.68. The molecule has 0 saturated carbocycles. The van der Waals surface area contributed by atoms with Gasteiger partial charge in [0.25, 0.3) is 0 Å². The summed E-state index contributed by atoms with van der Waals surface area (Å²) in [4.78, 5) is 0. The SMILES string of the molecule is Cc1cccc(C2=CCNCC2)c1C.